The van der Waals surface area contributed by atoms with Gasteiger partial charge in [-0.2, -0.15) is 0 Å². The first kappa shape index (κ1) is 63.2. The van der Waals surface area contributed by atoms with Crippen LogP contribution in [0.25, 0.3) is 106 Å². The summed E-state index contributed by atoms with van der Waals surface area (Å²) in [5.41, 5.74) is 27.9. The lowest BCUT2D eigenvalue weighted by Crippen LogP contribution is -2.37. The number of allylic oxidation sites excluding steroid dienone is 4. The topological polar surface area (TPSA) is 68.6 Å². The Morgan fingerprint density at radius 2 is 0.827 bits per heavy atom. The number of nitrogens with zero attached hydrogens (tertiary/aromatic N) is 3. The SMILES string of the molecule is C1=CC2c3ccccc3C3(c4ccccc4Oc4c(-c5cccc(C6C=C(c7ccccc7-c7ccc8c(c7)C7(c9ccccc9Oc9c(-c%10cccc(-c%11cc(-c%12ccc%13ccccc%13c%12)nc(-c%12ccccc%12)n%11)c%10)cccc97)c7ccccc7-8)N=C(c7ccc(-c8ccccc8)cc7)N6)c5)cccc43)C2C=C1. The molecule has 4 heterocycles. The lowest BCUT2D eigenvalue weighted by Gasteiger charge is -2.43. The summed E-state index contributed by atoms with van der Waals surface area (Å²) in [5.74, 6) is 5.26. The van der Waals surface area contributed by atoms with Gasteiger partial charge in [-0.25, -0.2) is 15.0 Å². The van der Waals surface area contributed by atoms with E-state index in [1.165, 1.54) is 49.9 Å². The summed E-state index contributed by atoms with van der Waals surface area (Å²) in [5, 5.41) is 6.34. The van der Waals surface area contributed by atoms with Gasteiger partial charge < -0.3 is 14.8 Å². The van der Waals surface area contributed by atoms with Crippen molar-refractivity contribution in [3.8, 4) is 113 Å². The molecule has 6 nitrogen and oxygen atoms in total. The molecule has 3 aliphatic carbocycles. The van der Waals surface area contributed by atoms with E-state index >= 15 is 0 Å². The lowest BCUT2D eigenvalue weighted by atomic mass is 9.61. The summed E-state index contributed by atoms with van der Waals surface area (Å²) in [4.78, 5) is 16.3. The molecule has 1 N–H and O–H groups in total. The summed E-state index contributed by atoms with van der Waals surface area (Å²) in [6, 6.07) is 129. The number of rotatable bonds is 10. The van der Waals surface area contributed by atoms with Crippen molar-refractivity contribution in [3.05, 3.63) is 449 Å². The van der Waals surface area contributed by atoms with Gasteiger partial charge in [0, 0.05) is 73.0 Å². The van der Waals surface area contributed by atoms with E-state index < -0.39 is 10.8 Å². The Balaban J connectivity index is 0.674. The molecule has 0 bridgehead atoms. The highest BCUT2D eigenvalue weighted by Gasteiger charge is 2.57. The van der Waals surface area contributed by atoms with Crippen molar-refractivity contribution >= 4 is 22.3 Å². The van der Waals surface area contributed by atoms with Gasteiger partial charge in [0.15, 0.2) is 5.82 Å². The molecule has 0 saturated carbocycles. The molecule has 6 heteroatoms. The molecule has 3 aliphatic heterocycles. The fraction of sp³-hybridized carbons (Fsp3) is 0.0481. The van der Waals surface area contributed by atoms with E-state index in [4.69, 9.17) is 24.4 Å². The van der Waals surface area contributed by atoms with Gasteiger partial charge in [0.25, 0.3) is 0 Å². The fourth-order valence-electron chi connectivity index (χ4n) is 18.9. The van der Waals surface area contributed by atoms with Crippen molar-refractivity contribution in [3.63, 3.8) is 0 Å². The highest BCUT2D eigenvalue weighted by atomic mass is 16.5. The minimum atomic E-state index is -0.788. The van der Waals surface area contributed by atoms with Crippen LogP contribution in [0.3, 0.4) is 0 Å². The third-order valence-electron chi connectivity index (χ3n) is 23.8. The van der Waals surface area contributed by atoms with Gasteiger partial charge in [-0.05, 0) is 132 Å². The largest absolute Gasteiger partial charge is 0.456 e. The highest BCUT2D eigenvalue weighted by molar-refractivity contribution is 6.05. The van der Waals surface area contributed by atoms with Gasteiger partial charge >= 0.3 is 0 Å². The van der Waals surface area contributed by atoms with Crippen molar-refractivity contribution in [1.29, 1.82) is 0 Å². The number of amidine groups is 1. The number of ether oxygens (including phenoxy) is 2. The number of aromatic nitrogens is 2. The lowest BCUT2D eigenvalue weighted by molar-refractivity contribution is 0.375. The molecule has 2 spiro atoms. The second-order valence-corrected chi connectivity index (χ2v) is 29.6. The van der Waals surface area contributed by atoms with Gasteiger partial charge in [0.2, 0.25) is 0 Å². The number of fused-ring (bicyclic) bond motifs is 19. The molecule has 16 aromatic rings. The van der Waals surface area contributed by atoms with Crippen LogP contribution < -0.4 is 14.8 Å². The molecule has 0 fully saturated rings. The maximum absolute atomic E-state index is 7.40. The van der Waals surface area contributed by atoms with E-state index in [9.17, 15) is 0 Å². The minimum absolute atomic E-state index is 0.158. The number of aliphatic imine (C=N–C) groups is 1. The molecule has 15 aromatic carbocycles. The number of hydrogen-bond donors (Lipinski definition) is 1. The third kappa shape index (κ3) is 9.85. The Kier molecular flexibility index (Phi) is 14.5. The molecular formula is C104H68N4O2. The Labute approximate surface area is 638 Å². The monoisotopic (exact) mass is 1400 g/mol. The first-order valence-electron chi connectivity index (χ1n) is 38.0. The van der Waals surface area contributed by atoms with Crippen LogP contribution in [-0.4, -0.2) is 15.8 Å². The molecular weight excluding hydrogens is 1340 g/mol. The van der Waals surface area contributed by atoms with Gasteiger partial charge in [-0.3, -0.25) is 0 Å². The smallest absolute Gasteiger partial charge is 0.160 e. The van der Waals surface area contributed by atoms with E-state index in [2.05, 4.69) is 375 Å². The van der Waals surface area contributed by atoms with Crippen LogP contribution in [0.5, 0.6) is 23.0 Å². The van der Waals surface area contributed by atoms with Crippen molar-refractivity contribution in [1.82, 2.24) is 15.3 Å². The Morgan fingerprint density at radius 1 is 0.309 bits per heavy atom. The number of nitrogens with one attached hydrogen (secondary N) is 1. The third-order valence-corrected chi connectivity index (χ3v) is 23.8. The Bertz CT molecular complexity index is 6610. The molecule has 0 radical (unpaired) electrons. The van der Waals surface area contributed by atoms with Gasteiger partial charge in [0.1, 0.15) is 28.8 Å². The van der Waals surface area contributed by atoms with E-state index in [0.29, 0.717) is 5.82 Å². The zero-order chi connectivity index (χ0) is 72.4. The van der Waals surface area contributed by atoms with E-state index in [1.54, 1.807) is 0 Å². The maximum atomic E-state index is 7.40. The normalized spacial score (nSPS) is 18.2. The second kappa shape index (κ2) is 25.3. The molecule has 6 aliphatic rings. The van der Waals surface area contributed by atoms with Crippen LogP contribution >= 0.6 is 0 Å². The molecule has 1 aromatic heterocycles. The van der Waals surface area contributed by atoms with Crippen molar-refractivity contribution in [2.45, 2.75) is 22.8 Å². The van der Waals surface area contributed by atoms with Crippen LogP contribution in [0.1, 0.15) is 73.2 Å². The Morgan fingerprint density at radius 3 is 1.62 bits per heavy atom. The Hall–Kier alpha value is -14.1. The molecule has 0 saturated heterocycles. The van der Waals surface area contributed by atoms with Crippen molar-refractivity contribution < 1.29 is 9.47 Å². The standard InChI is InChI=1S/C104H68N4O2/c1-3-25-65(26-4-1)67-51-54-69(55-52-67)102-107-95(75-34-22-32-72(61-75)78-40-23-47-90-99(78)109-97-49-19-17-45-88(97)103(90)85-42-14-11-36-80(85)81-37-12-15-43-86(81)103)64-96(108-102)84-39-10-9-35-77(84)73-57-58-83-82-38-13-16-44-87(82)104(92(83)62-73)89-46-18-20-50-98(89)110-100-79(41-24-48-91(100)104)71-31-21-33-74(60-71)93-63-94(106-101(105-93)68-28-5-2-6-29-68)76-56-53-66-27-7-8-30-70(66)59-76/h1-64,80,85,95H,(H,107,108). The predicted octanol–water partition coefficient (Wildman–Crippen LogP) is 25.2. The van der Waals surface area contributed by atoms with Crippen LogP contribution in [0, 0.1) is 5.92 Å². The summed E-state index contributed by atoms with van der Waals surface area (Å²) < 4.78 is 14.7. The van der Waals surface area contributed by atoms with Gasteiger partial charge in [-0.15, -0.1) is 0 Å². The average Bonchev–Trinajstić information content (AvgIpc) is 1.50. The number of benzene rings is 15. The molecule has 22 rings (SSSR count). The number of para-hydroxylation sites is 4. The first-order valence-corrected chi connectivity index (χ1v) is 38.0. The molecule has 110 heavy (non-hydrogen) atoms. The van der Waals surface area contributed by atoms with Gasteiger partial charge in [0.05, 0.1) is 34.0 Å². The maximum Gasteiger partial charge on any atom is 0.160 e. The van der Waals surface area contributed by atoms with Crippen LogP contribution in [0.15, 0.2) is 393 Å². The zero-order valence-electron chi connectivity index (χ0n) is 59.8. The van der Waals surface area contributed by atoms with Gasteiger partial charge in [-0.1, -0.05) is 340 Å². The van der Waals surface area contributed by atoms with Crippen LogP contribution in [0.2, 0.25) is 0 Å². The first-order chi connectivity index (χ1) is 54.5. The quantitative estimate of drug-likeness (QED) is 0.148. The summed E-state index contributed by atoms with van der Waals surface area (Å²) in [6.45, 7) is 0. The second-order valence-electron chi connectivity index (χ2n) is 29.6. The minimum Gasteiger partial charge on any atom is -0.456 e. The zero-order valence-corrected chi connectivity index (χ0v) is 59.8. The fourth-order valence-corrected chi connectivity index (χ4v) is 18.9. The molecule has 0 amide bonds. The number of hydrogen-bond acceptors (Lipinski definition) is 6. The molecule has 516 valence electrons. The van der Waals surface area contributed by atoms with E-state index in [1.807, 2.05) is 18.2 Å². The van der Waals surface area contributed by atoms with Crippen molar-refractivity contribution in [2.24, 2.45) is 10.9 Å². The van der Waals surface area contributed by atoms with E-state index in [-0.39, 0.29) is 17.9 Å². The molecule has 5 unspecified atom stereocenters. The van der Waals surface area contributed by atoms with Crippen molar-refractivity contribution in [2.75, 3.05) is 0 Å². The molecule has 5 atom stereocenters. The van der Waals surface area contributed by atoms with Crippen LogP contribution in [-0.2, 0) is 10.8 Å². The highest BCUT2D eigenvalue weighted by Crippen LogP contribution is 2.67. The summed E-state index contributed by atoms with van der Waals surface area (Å²) in [6.07, 6.45) is 11.6. The average molecular weight is 1410 g/mol. The summed E-state index contributed by atoms with van der Waals surface area (Å²) in [7, 11) is 0. The van der Waals surface area contributed by atoms with E-state index in [0.717, 1.165) is 140 Å². The predicted molar refractivity (Wildman–Crippen MR) is 446 cm³/mol. The summed E-state index contributed by atoms with van der Waals surface area (Å²) >= 11 is 0. The van der Waals surface area contributed by atoms with Crippen LogP contribution in [0.4, 0.5) is 0 Å².